The Morgan fingerprint density at radius 1 is 1.24 bits per heavy atom. The van der Waals surface area contributed by atoms with Crippen LogP contribution in [-0.2, 0) is 0 Å². The number of rotatable bonds is 6. The van der Waals surface area contributed by atoms with Crippen molar-refractivity contribution in [2.45, 2.75) is 52.0 Å². The van der Waals surface area contributed by atoms with E-state index in [0.717, 1.165) is 0 Å². The Kier molecular flexibility index (Phi) is 4.22. The van der Waals surface area contributed by atoms with Gasteiger partial charge in [-0.15, -0.1) is 0 Å². The molecule has 1 aromatic rings. The molecule has 1 heteroatoms. The van der Waals surface area contributed by atoms with Gasteiger partial charge in [-0.2, -0.15) is 0 Å². The van der Waals surface area contributed by atoms with Gasteiger partial charge < -0.3 is 5.32 Å². The van der Waals surface area contributed by atoms with E-state index in [4.69, 9.17) is 0 Å². The minimum absolute atomic E-state index is 0.540. The molecule has 1 aliphatic rings. The van der Waals surface area contributed by atoms with Crippen LogP contribution in [0.3, 0.4) is 0 Å². The van der Waals surface area contributed by atoms with E-state index >= 15 is 0 Å². The Hall–Kier alpha value is -0.820. The number of benzene rings is 1. The smallest absolute Gasteiger partial charge is 0.0320 e. The highest BCUT2D eigenvalue weighted by molar-refractivity contribution is 5.18. The van der Waals surface area contributed by atoms with Crippen LogP contribution in [0.1, 0.15) is 57.6 Å². The average Bonchev–Trinajstić information content (AvgIpc) is 2.33. The molecule has 1 atom stereocenters. The first-order valence-electron chi connectivity index (χ1n) is 7.02. The Morgan fingerprint density at radius 3 is 2.47 bits per heavy atom. The fraction of sp³-hybridized carbons (Fsp3) is 0.625. The molecular formula is C16H25N. The summed E-state index contributed by atoms with van der Waals surface area (Å²) in [5, 5.41) is 3.78. The third-order valence-corrected chi connectivity index (χ3v) is 4.12. The lowest BCUT2D eigenvalue weighted by Crippen LogP contribution is -2.38. The second-order valence-corrected chi connectivity index (χ2v) is 5.80. The molecule has 1 aromatic carbocycles. The van der Waals surface area contributed by atoms with E-state index in [1.165, 1.54) is 44.2 Å². The van der Waals surface area contributed by atoms with Crippen LogP contribution in [-0.4, -0.2) is 6.54 Å². The third kappa shape index (κ3) is 3.32. The molecule has 0 saturated heterocycles. The Bertz CT molecular complexity index is 327. The van der Waals surface area contributed by atoms with E-state index in [2.05, 4.69) is 49.5 Å². The van der Waals surface area contributed by atoms with Crippen LogP contribution in [0.2, 0.25) is 0 Å². The quantitative estimate of drug-likeness (QED) is 0.769. The largest absolute Gasteiger partial charge is 0.309 e. The van der Waals surface area contributed by atoms with Crippen LogP contribution < -0.4 is 5.32 Å². The van der Waals surface area contributed by atoms with Gasteiger partial charge in [-0.05, 0) is 30.2 Å². The fourth-order valence-corrected chi connectivity index (χ4v) is 2.69. The normalized spacial score (nSPS) is 19.6. The van der Waals surface area contributed by atoms with E-state index < -0.39 is 0 Å². The summed E-state index contributed by atoms with van der Waals surface area (Å²) in [6.07, 6.45) is 6.69. The number of hydrogen-bond acceptors (Lipinski definition) is 1. The number of nitrogens with one attached hydrogen (secondary N) is 1. The molecule has 0 aliphatic heterocycles. The van der Waals surface area contributed by atoms with Crippen molar-refractivity contribution >= 4 is 0 Å². The van der Waals surface area contributed by atoms with E-state index in [1.54, 1.807) is 0 Å². The van der Waals surface area contributed by atoms with E-state index in [-0.39, 0.29) is 0 Å². The first-order valence-corrected chi connectivity index (χ1v) is 7.02. The van der Waals surface area contributed by atoms with Crippen LogP contribution in [0, 0.1) is 5.41 Å². The van der Waals surface area contributed by atoms with E-state index in [0.29, 0.717) is 11.5 Å². The second-order valence-electron chi connectivity index (χ2n) is 5.80. The molecule has 1 N–H and O–H groups in total. The topological polar surface area (TPSA) is 12.0 Å². The van der Waals surface area contributed by atoms with E-state index in [1.807, 2.05) is 0 Å². The highest BCUT2D eigenvalue weighted by Gasteiger charge is 2.31. The van der Waals surface area contributed by atoms with Crippen molar-refractivity contribution in [3.8, 4) is 0 Å². The van der Waals surface area contributed by atoms with Gasteiger partial charge in [0.15, 0.2) is 0 Å². The molecule has 1 aliphatic carbocycles. The zero-order valence-electron chi connectivity index (χ0n) is 11.2. The van der Waals surface area contributed by atoms with Crippen LogP contribution in [0.25, 0.3) is 0 Å². The lowest BCUT2D eigenvalue weighted by Gasteiger charge is -2.39. The van der Waals surface area contributed by atoms with Crippen molar-refractivity contribution in [2.24, 2.45) is 5.41 Å². The molecule has 94 valence electrons. The molecule has 0 amide bonds. The Morgan fingerprint density at radius 2 is 1.94 bits per heavy atom. The summed E-state index contributed by atoms with van der Waals surface area (Å²) < 4.78 is 0. The van der Waals surface area contributed by atoms with Crippen molar-refractivity contribution < 1.29 is 0 Å². The predicted octanol–water partition coefficient (Wildman–Crippen LogP) is 4.31. The Balaban J connectivity index is 1.93. The zero-order chi connectivity index (χ0) is 12.1. The summed E-state index contributed by atoms with van der Waals surface area (Å²) in [6, 6.07) is 11.4. The first kappa shape index (κ1) is 12.6. The third-order valence-electron chi connectivity index (χ3n) is 4.12. The summed E-state index contributed by atoms with van der Waals surface area (Å²) >= 11 is 0. The van der Waals surface area contributed by atoms with Gasteiger partial charge in [-0.3, -0.25) is 0 Å². The standard InChI is InChI=1S/C16H25N/c1-3-8-15(14-9-5-4-6-10-14)17-13-16(2)11-7-12-16/h4-6,9-10,15,17H,3,7-8,11-13H2,1-2H3. The zero-order valence-corrected chi connectivity index (χ0v) is 11.2. The van der Waals surface area contributed by atoms with Crippen molar-refractivity contribution in [2.75, 3.05) is 6.54 Å². The van der Waals surface area contributed by atoms with Gasteiger partial charge in [-0.1, -0.05) is 57.0 Å². The highest BCUT2D eigenvalue weighted by atomic mass is 14.9. The molecule has 0 bridgehead atoms. The second kappa shape index (κ2) is 5.68. The van der Waals surface area contributed by atoms with E-state index in [9.17, 15) is 0 Å². The molecule has 0 spiro atoms. The monoisotopic (exact) mass is 231 g/mol. The molecule has 0 heterocycles. The maximum absolute atomic E-state index is 3.78. The predicted molar refractivity (Wildman–Crippen MR) is 74.1 cm³/mol. The summed E-state index contributed by atoms with van der Waals surface area (Å²) in [7, 11) is 0. The SMILES string of the molecule is CCCC(NCC1(C)CCC1)c1ccccc1. The highest BCUT2D eigenvalue weighted by Crippen LogP contribution is 2.40. The Labute approximate surface area is 106 Å². The minimum Gasteiger partial charge on any atom is -0.309 e. The molecule has 1 unspecified atom stereocenters. The minimum atomic E-state index is 0.540. The van der Waals surface area contributed by atoms with Gasteiger partial charge in [0.05, 0.1) is 0 Å². The fourth-order valence-electron chi connectivity index (χ4n) is 2.69. The average molecular weight is 231 g/mol. The van der Waals surface area contributed by atoms with Crippen molar-refractivity contribution in [1.82, 2.24) is 5.32 Å². The molecule has 17 heavy (non-hydrogen) atoms. The van der Waals surface area contributed by atoms with Gasteiger partial charge in [0.2, 0.25) is 0 Å². The van der Waals surface area contributed by atoms with Gasteiger partial charge >= 0.3 is 0 Å². The molecule has 1 saturated carbocycles. The molecular weight excluding hydrogens is 206 g/mol. The van der Waals surface area contributed by atoms with Crippen LogP contribution in [0.4, 0.5) is 0 Å². The summed E-state index contributed by atoms with van der Waals surface area (Å²) in [4.78, 5) is 0. The molecule has 1 fully saturated rings. The molecule has 2 rings (SSSR count). The van der Waals surface area contributed by atoms with Crippen molar-refractivity contribution in [3.63, 3.8) is 0 Å². The van der Waals surface area contributed by atoms with Crippen molar-refractivity contribution in [1.29, 1.82) is 0 Å². The lowest BCUT2D eigenvalue weighted by atomic mass is 9.70. The van der Waals surface area contributed by atoms with Crippen LogP contribution in [0.5, 0.6) is 0 Å². The number of hydrogen-bond donors (Lipinski definition) is 1. The lowest BCUT2D eigenvalue weighted by molar-refractivity contribution is 0.149. The molecule has 0 aromatic heterocycles. The van der Waals surface area contributed by atoms with Crippen molar-refractivity contribution in [3.05, 3.63) is 35.9 Å². The van der Waals surface area contributed by atoms with Gasteiger partial charge in [-0.25, -0.2) is 0 Å². The first-order chi connectivity index (χ1) is 8.23. The summed E-state index contributed by atoms with van der Waals surface area (Å²) in [5.41, 5.74) is 2.01. The summed E-state index contributed by atoms with van der Waals surface area (Å²) in [5.74, 6) is 0. The molecule has 0 radical (unpaired) electrons. The molecule has 1 nitrogen and oxygen atoms in total. The van der Waals surface area contributed by atoms with Crippen LogP contribution >= 0.6 is 0 Å². The summed E-state index contributed by atoms with van der Waals surface area (Å²) in [6.45, 7) is 5.85. The van der Waals surface area contributed by atoms with Gasteiger partial charge in [0.25, 0.3) is 0 Å². The maximum atomic E-state index is 3.78. The van der Waals surface area contributed by atoms with Crippen LogP contribution in [0.15, 0.2) is 30.3 Å². The van der Waals surface area contributed by atoms with Gasteiger partial charge in [0.1, 0.15) is 0 Å². The maximum Gasteiger partial charge on any atom is 0.0320 e. The van der Waals surface area contributed by atoms with Gasteiger partial charge in [0, 0.05) is 12.6 Å².